The van der Waals surface area contributed by atoms with E-state index in [1.807, 2.05) is 6.92 Å². The van der Waals surface area contributed by atoms with E-state index in [1.54, 1.807) is 0 Å². The summed E-state index contributed by atoms with van der Waals surface area (Å²) in [4.78, 5) is 4.61. The van der Waals surface area contributed by atoms with E-state index in [1.165, 1.54) is 51.4 Å². The van der Waals surface area contributed by atoms with Crippen molar-refractivity contribution in [3.05, 3.63) is 11.7 Å². The smallest absolute Gasteiger partial charge is 0.246 e. The molecule has 100 valence electrons. The van der Waals surface area contributed by atoms with Crippen LogP contribution in [-0.2, 0) is 5.54 Å². The van der Waals surface area contributed by atoms with Gasteiger partial charge in [0.05, 0.1) is 5.54 Å². The summed E-state index contributed by atoms with van der Waals surface area (Å²) in [6.45, 7) is 2.02. The number of rotatable bonds is 3. The molecule has 2 aliphatic carbocycles. The molecule has 0 bridgehead atoms. The standard InChI is InChI=1S/C14H23N3O/c1-14(15,11-8-9-11)13-16-12(17-18-13)10-6-4-2-3-5-7-10/h10-11H,2-9,15H2,1H3. The first kappa shape index (κ1) is 12.2. The van der Waals surface area contributed by atoms with Crippen LogP contribution in [0.3, 0.4) is 0 Å². The number of nitrogens with two attached hydrogens (primary N) is 1. The van der Waals surface area contributed by atoms with Crippen LogP contribution < -0.4 is 5.73 Å². The van der Waals surface area contributed by atoms with E-state index < -0.39 is 5.54 Å². The van der Waals surface area contributed by atoms with Gasteiger partial charge in [-0.1, -0.05) is 30.8 Å². The van der Waals surface area contributed by atoms with Gasteiger partial charge in [-0.05, 0) is 38.5 Å². The predicted molar refractivity (Wildman–Crippen MR) is 69.0 cm³/mol. The second kappa shape index (κ2) is 4.65. The number of nitrogens with zero attached hydrogens (tertiary/aromatic N) is 2. The molecule has 4 nitrogen and oxygen atoms in total. The van der Waals surface area contributed by atoms with E-state index >= 15 is 0 Å². The average Bonchev–Trinajstić information content (AvgIpc) is 3.14. The first-order valence-corrected chi connectivity index (χ1v) is 7.31. The molecule has 0 aromatic carbocycles. The molecule has 0 saturated heterocycles. The van der Waals surface area contributed by atoms with Crippen LogP contribution in [-0.4, -0.2) is 10.1 Å². The summed E-state index contributed by atoms with van der Waals surface area (Å²) >= 11 is 0. The van der Waals surface area contributed by atoms with E-state index in [9.17, 15) is 0 Å². The molecular weight excluding hydrogens is 226 g/mol. The third-order valence-electron chi connectivity index (χ3n) is 4.55. The summed E-state index contributed by atoms with van der Waals surface area (Å²) in [5, 5.41) is 4.19. The maximum Gasteiger partial charge on any atom is 0.246 e. The van der Waals surface area contributed by atoms with Crippen molar-refractivity contribution in [1.82, 2.24) is 10.1 Å². The van der Waals surface area contributed by atoms with Gasteiger partial charge in [0, 0.05) is 5.92 Å². The van der Waals surface area contributed by atoms with Gasteiger partial charge in [-0.25, -0.2) is 0 Å². The SMILES string of the molecule is CC(N)(c1nc(C2CCCCCC2)no1)C1CC1. The summed E-state index contributed by atoms with van der Waals surface area (Å²) in [5.74, 6) is 2.55. The molecule has 0 amide bonds. The van der Waals surface area contributed by atoms with E-state index in [-0.39, 0.29) is 0 Å². The summed E-state index contributed by atoms with van der Waals surface area (Å²) in [7, 11) is 0. The highest BCUT2D eigenvalue weighted by Gasteiger charge is 2.44. The molecule has 4 heteroatoms. The summed E-state index contributed by atoms with van der Waals surface area (Å²) < 4.78 is 5.44. The molecule has 18 heavy (non-hydrogen) atoms. The Balaban J connectivity index is 1.75. The van der Waals surface area contributed by atoms with Gasteiger partial charge in [0.2, 0.25) is 5.89 Å². The van der Waals surface area contributed by atoms with E-state index in [4.69, 9.17) is 10.3 Å². The molecule has 3 rings (SSSR count). The van der Waals surface area contributed by atoms with Gasteiger partial charge in [-0.2, -0.15) is 4.98 Å². The quantitative estimate of drug-likeness (QED) is 0.836. The normalized spacial score (nSPS) is 25.7. The van der Waals surface area contributed by atoms with Crippen molar-refractivity contribution >= 4 is 0 Å². The summed E-state index contributed by atoms with van der Waals surface area (Å²) in [6.07, 6.45) is 10.0. The van der Waals surface area contributed by atoms with Crippen molar-refractivity contribution in [3.8, 4) is 0 Å². The Morgan fingerprint density at radius 3 is 2.39 bits per heavy atom. The summed E-state index contributed by atoms with van der Waals surface area (Å²) in [5.41, 5.74) is 5.90. The molecule has 1 unspecified atom stereocenters. The largest absolute Gasteiger partial charge is 0.337 e. The molecule has 0 spiro atoms. The minimum absolute atomic E-state index is 0.421. The van der Waals surface area contributed by atoms with Crippen LogP contribution in [0.5, 0.6) is 0 Å². The molecule has 2 aliphatic rings. The van der Waals surface area contributed by atoms with Crippen molar-refractivity contribution in [1.29, 1.82) is 0 Å². The minimum atomic E-state index is -0.421. The average molecular weight is 249 g/mol. The Labute approximate surface area is 108 Å². The van der Waals surface area contributed by atoms with Gasteiger partial charge in [-0.15, -0.1) is 0 Å². The van der Waals surface area contributed by atoms with Crippen molar-refractivity contribution in [2.75, 3.05) is 0 Å². The zero-order chi connectivity index (χ0) is 12.6. The Morgan fingerprint density at radius 2 is 1.78 bits per heavy atom. The zero-order valence-electron chi connectivity index (χ0n) is 11.2. The highest BCUT2D eigenvalue weighted by Crippen LogP contribution is 2.43. The van der Waals surface area contributed by atoms with Gasteiger partial charge < -0.3 is 10.3 Å². The molecule has 1 atom stereocenters. The fourth-order valence-corrected chi connectivity index (χ4v) is 3.01. The Morgan fingerprint density at radius 1 is 1.11 bits per heavy atom. The zero-order valence-corrected chi connectivity index (χ0v) is 11.2. The number of hydrogen-bond acceptors (Lipinski definition) is 4. The summed E-state index contributed by atoms with van der Waals surface area (Å²) in [6, 6.07) is 0. The number of aromatic nitrogens is 2. The van der Waals surface area contributed by atoms with Crippen LogP contribution in [0.4, 0.5) is 0 Å². The second-order valence-electron chi connectivity index (χ2n) is 6.20. The van der Waals surface area contributed by atoms with Crippen LogP contribution in [0, 0.1) is 5.92 Å². The first-order valence-electron chi connectivity index (χ1n) is 7.31. The third-order valence-corrected chi connectivity index (χ3v) is 4.55. The van der Waals surface area contributed by atoms with Gasteiger partial charge in [0.25, 0.3) is 0 Å². The lowest BCUT2D eigenvalue weighted by atomic mass is 9.96. The molecule has 0 radical (unpaired) electrons. The van der Waals surface area contributed by atoms with E-state index in [0.717, 1.165) is 5.82 Å². The van der Waals surface area contributed by atoms with Crippen LogP contribution in [0.15, 0.2) is 4.52 Å². The van der Waals surface area contributed by atoms with Gasteiger partial charge in [0.15, 0.2) is 5.82 Å². The molecule has 0 aliphatic heterocycles. The highest BCUT2D eigenvalue weighted by atomic mass is 16.5. The lowest BCUT2D eigenvalue weighted by Gasteiger charge is -2.18. The van der Waals surface area contributed by atoms with E-state index in [0.29, 0.717) is 17.7 Å². The molecule has 2 saturated carbocycles. The molecule has 2 N–H and O–H groups in total. The fourth-order valence-electron chi connectivity index (χ4n) is 3.01. The molecule has 1 heterocycles. The van der Waals surface area contributed by atoms with Crippen molar-refractivity contribution < 1.29 is 4.52 Å². The van der Waals surface area contributed by atoms with Crippen LogP contribution in [0.1, 0.15) is 75.9 Å². The van der Waals surface area contributed by atoms with Crippen LogP contribution in [0.2, 0.25) is 0 Å². The van der Waals surface area contributed by atoms with E-state index in [2.05, 4.69) is 10.1 Å². The topological polar surface area (TPSA) is 64.9 Å². The van der Waals surface area contributed by atoms with Gasteiger partial charge >= 0.3 is 0 Å². The minimum Gasteiger partial charge on any atom is -0.337 e. The van der Waals surface area contributed by atoms with Crippen molar-refractivity contribution in [3.63, 3.8) is 0 Å². The van der Waals surface area contributed by atoms with Crippen LogP contribution >= 0.6 is 0 Å². The lowest BCUT2D eigenvalue weighted by Crippen LogP contribution is -2.35. The Kier molecular flexibility index (Phi) is 3.14. The van der Waals surface area contributed by atoms with Gasteiger partial charge in [-0.3, -0.25) is 0 Å². The maximum atomic E-state index is 6.32. The second-order valence-corrected chi connectivity index (χ2v) is 6.20. The predicted octanol–water partition coefficient (Wildman–Crippen LogP) is 3.09. The fraction of sp³-hybridized carbons (Fsp3) is 0.857. The highest BCUT2D eigenvalue weighted by molar-refractivity contribution is 5.09. The first-order chi connectivity index (χ1) is 8.68. The lowest BCUT2D eigenvalue weighted by molar-refractivity contribution is 0.271. The maximum absolute atomic E-state index is 6.32. The Hall–Kier alpha value is -0.900. The van der Waals surface area contributed by atoms with Gasteiger partial charge in [0.1, 0.15) is 0 Å². The molecule has 1 aromatic rings. The third kappa shape index (κ3) is 2.30. The molecule has 1 aromatic heterocycles. The van der Waals surface area contributed by atoms with Crippen molar-refractivity contribution in [2.45, 2.75) is 69.7 Å². The monoisotopic (exact) mass is 249 g/mol. The Bertz CT molecular complexity index is 401. The number of hydrogen-bond donors (Lipinski definition) is 1. The van der Waals surface area contributed by atoms with Crippen molar-refractivity contribution in [2.24, 2.45) is 11.7 Å². The van der Waals surface area contributed by atoms with Crippen LogP contribution in [0.25, 0.3) is 0 Å². The molecule has 2 fully saturated rings. The molecular formula is C14H23N3O.